The first kappa shape index (κ1) is 32.6. The van der Waals surface area contributed by atoms with Crippen molar-refractivity contribution in [1.82, 2.24) is 10.2 Å². The molecule has 0 aliphatic carbocycles. The van der Waals surface area contributed by atoms with E-state index in [4.69, 9.17) is 16.3 Å². The molecule has 0 heterocycles. The maximum Gasteiger partial charge on any atom is 0.264 e. The summed E-state index contributed by atoms with van der Waals surface area (Å²) in [6, 6.07) is 29.7. The largest absolute Gasteiger partial charge is 0.457 e. The number of hydrogen-bond donors (Lipinski definition) is 1. The van der Waals surface area contributed by atoms with Gasteiger partial charge in [0.25, 0.3) is 10.0 Å². The van der Waals surface area contributed by atoms with Crippen LogP contribution in [0.5, 0.6) is 11.5 Å². The third-order valence-electron chi connectivity index (χ3n) is 6.98. The molecule has 0 saturated heterocycles. The highest BCUT2D eigenvalue weighted by molar-refractivity contribution is 7.92. The molecular formula is C34H36ClN3O5S. The van der Waals surface area contributed by atoms with E-state index in [0.717, 1.165) is 22.7 Å². The summed E-state index contributed by atoms with van der Waals surface area (Å²) in [7, 11) is -4.17. The fourth-order valence-corrected chi connectivity index (χ4v) is 6.02. The minimum Gasteiger partial charge on any atom is -0.457 e. The van der Waals surface area contributed by atoms with Gasteiger partial charge in [0.2, 0.25) is 11.8 Å². The lowest BCUT2D eigenvalue weighted by Gasteiger charge is -2.32. The molecule has 230 valence electrons. The van der Waals surface area contributed by atoms with Crippen LogP contribution >= 0.6 is 11.6 Å². The molecule has 0 fully saturated rings. The Morgan fingerprint density at radius 1 is 0.841 bits per heavy atom. The Hall–Kier alpha value is -4.34. The van der Waals surface area contributed by atoms with E-state index in [9.17, 15) is 18.0 Å². The summed E-state index contributed by atoms with van der Waals surface area (Å²) in [6.45, 7) is 3.70. The highest BCUT2D eigenvalue weighted by Gasteiger charge is 2.32. The number of carbonyl (C=O) groups is 2. The number of nitrogens with one attached hydrogen (secondary N) is 1. The molecule has 0 aromatic heterocycles. The first-order valence-electron chi connectivity index (χ1n) is 14.4. The summed E-state index contributed by atoms with van der Waals surface area (Å²) in [6.07, 6.45) is 1.71. The molecule has 4 rings (SSSR count). The van der Waals surface area contributed by atoms with Crippen molar-refractivity contribution in [3.05, 3.63) is 120 Å². The number of carbonyl (C=O) groups excluding carboxylic acids is 2. The number of anilines is 1. The fraction of sp³-hybridized carbons (Fsp3) is 0.235. The molecule has 10 heteroatoms. The zero-order chi connectivity index (χ0) is 31.5. The minimum atomic E-state index is -4.17. The van der Waals surface area contributed by atoms with Crippen LogP contribution in [0.1, 0.15) is 32.3 Å². The number of hydrogen-bond acceptors (Lipinski definition) is 5. The van der Waals surface area contributed by atoms with Crippen LogP contribution in [0.15, 0.2) is 114 Å². The van der Waals surface area contributed by atoms with Gasteiger partial charge in [0.05, 0.1) is 10.6 Å². The van der Waals surface area contributed by atoms with Gasteiger partial charge in [-0.1, -0.05) is 73.5 Å². The fourth-order valence-electron chi connectivity index (χ4n) is 4.46. The lowest BCUT2D eigenvalue weighted by molar-refractivity contribution is -0.139. The highest BCUT2D eigenvalue weighted by atomic mass is 35.5. The molecular weight excluding hydrogens is 598 g/mol. The number of unbranched alkanes of at least 4 members (excludes halogenated alkanes) is 1. The van der Waals surface area contributed by atoms with Crippen LogP contribution in [-0.2, 0) is 26.2 Å². The van der Waals surface area contributed by atoms with E-state index in [1.165, 1.54) is 17.0 Å². The van der Waals surface area contributed by atoms with Gasteiger partial charge in [-0.05, 0) is 79.6 Å². The predicted molar refractivity (Wildman–Crippen MR) is 173 cm³/mol. The van der Waals surface area contributed by atoms with Gasteiger partial charge in [-0.2, -0.15) is 0 Å². The average Bonchev–Trinajstić information content (AvgIpc) is 3.04. The molecule has 4 aromatic carbocycles. The second-order valence-corrected chi connectivity index (χ2v) is 12.5. The van der Waals surface area contributed by atoms with Crippen molar-refractivity contribution in [2.24, 2.45) is 0 Å². The van der Waals surface area contributed by atoms with Crippen LogP contribution in [0.25, 0.3) is 0 Å². The normalized spacial score (nSPS) is 11.8. The van der Waals surface area contributed by atoms with Gasteiger partial charge in [0.1, 0.15) is 24.1 Å². The van der Waals surface area contributed by atoms with Crippen molar-refractivity contribution in [1.29, 1.82) is 0 Å². The second kappa shape index (κ2) is 15.4. The van der Waals surface area contributed by atoms with Crippen LogP contribution < -0.4 is 14.4 Å². The Balaban J connectivity index is 1.66. The van der Waals surface area contributed by atoms with Crippen LogP contribution in [0, 0.1) is 0 Å². The summed E-state index contributed by atoms with van der Waals surface area (Å²) in [4.78, 5) is 28.6. The van der Waals surface area contributed by atoms with E-state index < -0.39 is 28.5 Å². The number of ether oxygens (including phenoxy) is 1. The van der Waals surface area contributed by atoms with Gasteiger partial charge >= 0.3 is 0 Å². The number of nitrogens with zero attached hydrogens (tertiary/aromatic N) is 2. The van der Waals surface area contributed by atoms with Crippen molar-refractivity contribution in [2.75, 3.05) is 17.4 Å². The van der Waals surface area contributed by atoms with Gasteiger partial charge in [-0.3, -0.25) is 13.9 Å². The van der Waals surface area contributed by atoms with Gasteiger partial charge in [0, 0.05) is 18.1 Å². The maximum absolute atomic E-state index is 14.0. The first-order valence-corrected chi connectivity index (χ1v) is 16.2. The van der Waals surface area contributed by atoms with Crippen molar-refractivity contribution in [3.8, 4) is 11.5 Å². The molecule has 2 amide bonds. The molecule has 0 saturated carbocycles. The molecule has 0 aliphatic heterocycles. The van der Waals surface area contributed by atoms with Gasteiger partial charge in [-0.15, -0.1) is 0 Å². The van der Waals surface area contributed by atoms with Gasteiger partial charge < -0.3 is 15.0 Å². The van der Waals surface area contributed by atoms with Gasteiger partial charge in [-0.25, -0.2) is 8.42 Å². The molecule has 1 N–H and O–H groups in total. The molecule has 0 spiro atoms. The number of para-hydroxylation sites is 1. The summed E-state index contributed by atoms with van der Waals surface area (Å²) >= 11 is 6.07. The van der Waals surface area contributed by atoms with E-state index in [1.54, 1.807) is 73.7 Å². The molecule has 0 aliphatic rings. The molecule has 0 unspecified atom stereocenters. The molecule has 44 heavy (non-hydrogen) atoms. The minimum absolute atomic E-state index is 0.0343. The third kappa shape index (κ3) is 8.61. The maximum atomic E-state index is 14.0. The Kier molecular flexibility index (Phi) is 11.4. The van der Waals surface area contributed by atoms with Crippen LogP contribution in [0.2, 0.25) is 5.02 Å². The van der Waals surface area contributed by atoms with Crippen LogP contribution in [0.3, 0.4) is 0 Å². The van der Waals surface area contributed by atoms with Crippen LogP contribution in [-0.4, -0.2) is 44.3 Å². The lowest BCUT2D eigenvalue weighted by atomic mass is 10.1. The summed E-state index contributed by atoms with van der Waals surface area (Å²) in [5, 5.41) is 3.42. The SMILES string of the molecule is CCCCNC(=O)[C@H](C)N(Cc1ccc(Cl)cc1)C(=O)CN(c1ccc(Oc2ccccc2)cc1)S(=O)(=O)c1ccccc1. The van der Waals surface area contributed by atoms with E-state index in [2.05, 4.69) is 5.32 Å². The number of benzene rings is 4. The third-order valence-corrected chi connectivity index (χ3v) is 9.02. The zero-order valence-electron chi connectivity index (χ0n) is 24.7. The number of halogens is 1. The second-order valence-electron chi connectivity index (χ2n) is 10.2. The standard InChI is InChI=1S/C34H36ClN3O5S/c1-3-4-23-36-34(40)26(2)37(24-27-15-17-28(35)18-16-27)33(39)25-38(44(41,42)32-13-9-6-10-14-32)29-19-21-31(22-20-29)43-30-11-7-5-8-12-30/h5-22,26H,3-4,23-25H2,1-2H3,(H,36,40)/t26-/m0/s1. The summed E-state index contributed by atoms with van der Waals surface area (Å²) in [5.74, 6) is 0.279. The predicted octanol–water partition coefficient (Wildman–Crippen LogP) is 6.66. The first-order chi connectivity index (χ1) is 21.2. The lowest BCUT2D eigenvalue weighted by Crippen LogP contribution is -2.51. The average molecular weight is 634 g/mol. The highest BCUT2D eigenvalue weighted by Crippen LogP contribution is 2.28. The monoisotopic (exact) mass is 633 g/mol. The van der Waals surface area contributed by atoms with E-state index in [-0.39, 0.29) is 23.0 Å². The van der Waals surface area contributed by atoms with Crippen molar-refractivity contribution >= 4 is 39.1 Å². The molecule has 1 atom stereocenters. The quantitative estimate of drug-likeness (QED) is 0.157. The topological polar surface area (TPSA) is 96.0 Å². The van der Waals surface area contributed by atoms with E-state index >= 15 is 0 Å². The Morgan fingerprint density at radius 2 is 1.43 bits per heavy atom. The van der Waals surface area contributed by atoms with E-state index in [1.807, 2.05) is 37.3 Å². The number of sulfonamides is 1. The smallest absolute Gasteiger partial charge is 0.264 e. The number of amides is 2. The van der Waals surface area contributed by atoms with Crippen LogP contribution in [0.4, 0.5) is 5.69 Å². The van der Waals surface area contributed by atoms with E-state index in [0.29, 0.717) is 23.1 Å². The Bertz CT molecular complexity index is 1620. The molecule has 4 aromatic rings. The Labute approximate surface area is 264 Å². The number of rotatable bonds is 14. The summed E-state index contributed by atoms with van der Waals surface area (Å²) < 4.78 is 34.9. The molecule has 0 radical (unpaired) electrons. The zero-order valence-corrected chi connectivity index (χ0v) is 26.3. The van der Waals surface area contributed by atoms with Gasteiger partial charge in [0.15, 0.2) is 0 Å². The van der Waals surface area contributed by atoms with Crippen molar-refractivity contribution in [2.45, 2.75) is 44.2 Å². The molecule has 0 bridgehead atoms. The molecule has 8 nitrogen and oxygen atoms in total. The van der Waals surface area contributed by atoms with Crippen molar-refractivity contribution < 1.29 is 22.7 Å². The summed E-state index contributed by atoms with van der Waals surface area (Å²) in [5.41, 5.74) is 1.02. The Morgan fingerprint density at radius 3 is 2.05 bits per heavy atom. The van der Waals surface area contributed by atoms with Crippen molar-refractivity contribution in [3.63, 3.8) is 0 Å².